The Balaban J connectivity index is 1.50. The van der Waals surface area contributed by atoms with Crippen LogP contribution in [0.2, 0.25) is 0 Å². The van der Waals surface area contributed by atoms with E-state index >= 15 is 0 Å². The molecule has 0 unspecified atom stereocenters. The molecule has 1 heterocycles. The minimum atomic E-state index is 0.0346. The molecule has 0 spiro atoms. The molecule has 0 N–H and O–H groups in total. The molecule has 1 fully saturated rings. The first kappa shape index (κ1) is 16.4. The van der Waals surface area contributed by atoms with Gasteiger partial charge in [0.25, 0.3) is 5.91 Å². The molecule has 2 aromatic rings. The number of likely N-dealkylation sites (tertiary alicyclic amines) is 1. The van der Waals surface area contributed by atoms with Gasteiger partial charge >= 0.3 is 0 Å². The lowest BCUT2D eigenvalue weighted by atomic mass is 9.89. The minimum absolute atomic E-state index is 0.0346. The zero-order valence-corrected chi connectivity index (χ0v) is 14.0. The van der Waals surface area contributed by atoms with E-state index in [1.807, 2.05) is 35.2 Å². The number of ether oxygens (including phenoxy) is 2. The molecular formula is C20H23NO3. The molecule has 1 aliphatic rings. The fourth-order valence-corrected chi connectivity index (χ4v) is 3.16. The van der Waals surface area contributed by atoms with Crippen molar-refractivity contribution in [2.45, 2.75) is 18.8 Å². The van der Waals surface area contributed by atoms with E-state index in [2.05, 4.69) is 24.3 Å². The van der Waals surface area contributed by atoms with E-state index in [1.54, 1.807) is 7.11 Å². The van der Waals surface area contributed by atoms with Crippen LogP contribution in [0.3, 0.4) is 0 Å². The number of amides is 1. The van der Waals surface area contributed by atoms with Crippen molar-refractivity contribution in [1.82, 2.24) is 4.90 Å². The number of carbonyl (C=O) groups excluding carboxylic acids is 1. The Morgan fingerprint density at radius 2 is 1.62 bits per heavy atom. The first-order valence-electron chi connectivity index (χ1n) is 8.36. The third-order valence-electron chi connectivity index (χ3n) is 4.54. The van der Waals surface area contributed by atoms with Crippen LogP contribution >= 0.6 is 0 Å². The van der Waals surface area contributed by atoms with Crippen molar-refractivity contribution in [1.29, 1.82) is 0 Å². The number of hydrogen-bond donors (Lipinski definition) is 0. The van der Waals surface area contributed by atoms with Crippen LogP contribution in [0.5, 0.6) is 11.5 Å². The standard InChI is InChI=1S/C20H23NO3/c1-23-18-9-5-6-10-19(18)24-15-20(22)21-13-11-17(12-14-21)16-7-3-2-4-8-16/h2-10,17H,11-15H2,1H3. The van der Waals surface area contributed by atoms with Crippen molar-refractivity contribution in [2.24, 2.45) is 0 Å². The van der Waals surface area contributed by atoms with Gasteiger partial charge < -0.3 is 14.4 Å². The molecule has 126 valence electrons. The lowest BCUT2D eigenvalue weighted by molar-refractivity contribution is -0.134. The number of para-hydroxylation sites is 2. The molecule has 4 heteroatoms. The quantitative estimate of drug-likeness (QED) is 0.845. The second kappa shape index (κ2) is 7.86. The number of benzene rings is 2. The fraction of sp³-hybridized carbons (Fsp3) is 0.350. The highest BCUT2D eigenvalue weighted by molar-refractivity contribution is 5.78. The van der Waals surface area contributed by atoms with Gasteiger partial charge in [-0.3, -0.25) is 4.79 Å². The highest BCUT2D eigenvalue weighted by atomic mass is 16.5. The fourth-order valence-electron chi connectivity index (χ4n) is 3.16. The summed E-state index contributed by atoms with van der Waals surface area (Å²) in [5.74, 6) is 1.83. The summed E-state index contributed by atoms with van der Waals surface area (Å²) in [7, 11) is 1.60. The van der Waals surface area contributed by atoms with E-state index < -0.39 is 0 Å². The van der Waals surface area contributed by atoms with Gasteiger partial charge in [-0.05, 0) is 36.5 Å². The lowest BCUT2D eigenvalue weighted by Crippen LogP contribution is -2.40. The third kappa shape index (κ3) is 3.88. The van der Waals surface area contributed by atoms with Crippen molar-refractivity contribution in [3.8, 4) is 11.5 Å². The van der Waals surface area contributed by atoms with Gasteiger partial charge in [-0.25, -0.2) is 0 Å². The van der Waals surface area contributed by atoms with Crippen LogP contribution in [-0.4, -0.2) is 37.6 Å². The van der Waals surface area contributed by atoms with Crippen molar-refractivity contribution in [3.63, 3.8) is 0 Å². The van der Waals surface area contributed by atoms with Gasteiger partial charge in [0.15, 0.2) is 18.1 Å². The summed E-state index contributed by atoms with van der Waals surface area (Å²) < 4.78 is 10.9. The van der Waals surface area contributed by atoms with E-state index in [4.69, 9.17) is 9.47 Å². The number of carbonyl (C=O) groups is 1. The second-order valence-electron chi connectivity index (χ2n) is 6.01. The van der Waals surface area contributed by atoms with E-state index in [0.29, 0.717) is 17.4 Å². The average Bonchev–Trinajstić information content (AvgIpc) is 2.67. The van der Waals surface area contributed by atoms with Crippen LogP contribution in [0.15, 0.2) is 54.6 Å². The van der Waals surface area contributed by atoms with Crippen LogP contribution in [0.4, 0.5) is 0 Å². The van der Waals surface area contributed by atoms with E-state index in [0.717, 1.165) is 25.9 Å². The summed E-state index contributed by atoms with van der Waals surface area (Å²) in [6.07, 6.45) is 2.01. The van der Waals surface area contributed by atoms with Gasteiger partial charge in [0.05, 0.1) is 7.11 Å². The van der Waals surface area contributed by atoms with Gasteiger partial charge in [0, 0.05) is 13.1 Å². The van der Waals surface area contributed by atoms with Gasteiger partial charge in [0.1, 0.15) is 0 Å². The number of rotatable bonds is 5. The van der Waals surface area contributed by atoms with E-state index in [-0.39, 0.29) is 12.5 Å². The molecule has 0 radical (unpaired) electrons. The second-order valence-corrected chi connectivity index (χ2v) is 6.01. The molecular weight excluding hydrogens is 302 g/mol. The van der Waals surface area contributed by atoms with Crippen LogP contribution in [0.25, 0.3) is 0 Å². The summed E-state index contributed by atoms with van der Waals surface area (Å²) >= 11 is 0. The summed E-state index contributed by atoms with van der Waals surface area (Å²) in [6.45, 7) is 1.62. The van der Waals surface area contributed by atoms with Gasteiger partial charge in [-0.2, -0.15) is 0 Å². The summed E-state index contributed by atoms with van der Waals surface area (Å²) in [6, 6.07) is 17.9. The predicted octanol–water partition coefficient (Wildman–Crippen LogP) is 3.48. The summed E-state index contributed by atoms with van der Waals surface area (Å²) in [5, 5.41) is 0. The Hall–Kier alpha value is -2.49. The smallest absolute Gasteiger partial charge is 0.260 e. The number of nitrogens with zero attached hydrogens (tertiary/aromatic N) is 1. The average molecular weight is 325 g/mol. The first-order chi connectivity index (χ1) is 11.8. The number of piperidine rings is 1. The van der Waals surface area contributed by atoms with Crippen LogP contribution in [0.1, 0.15) is 24.3 Å². The maximum absolute atomic E-state index is 12.4. The van der Waals surface area contributed by atoms with E-state index in [9.17, 15) is 4.79 Å². The molecule has 0 saturated carbocycles. The van der Waals surface area contributed by atoms with Crippen molar-refractivity contribution >= 4 is 5.91 Å². The molecule has 2 aromatic carbocycles. The Morgan fingerprint density at radius 1 is 1.00 bits per heavy atom. The topological polar surface area (TPSA) is 38.8 Å². The Labute approximate surface area is 143 Å². The first-order valence-corrected chi connectivity index (χ1v) is 8.36. The maximum Gasteiger partial charge on any atom is 0.260 e. The van der Waals surface area contributed by atoms with E-state index in [1.165, 1.54) is 5.56 Å². The Kier molecular flexibility index (Phi) is 5.36. The molecule has 1 saturated heterocycles. The van der Waals surface area contributed by atoms with Gasteiger partial charge in [-0.15, -0.1) is 0 Å². The minimum Gasteiger partial charge on any atom is -0.493 e. The molecule has 0 atom stereocenters. The largest absolute Gasteiger partial charge is 0.493 e. The molecule has 0 aromatic heterocycles. The lowest BCUT2D eigenvalue weighted by Gasteiger charge is -2.32. The third-order valence-corrected chi connectivity index (χ3v) is 4.54. The Morgan fingerprint density at radius 3 is 2.29 bits per heavy atom. The predicted molar refractivity (Wildman–Crippen MR) is 93.5 cm³/mol. The molecule has 24 heavy (non-hydrogen) atoms. The van der Waals surface area contributed by atoms with Crippen LogP contribution in [0, 0.1) is 0 Å². The molecule has 3 rings (SSSR count). The highest BCUT2D eigenvalue weighted by Gasteiger charge is 2.24. The van der Waals surface area contributed by atoms with Crippen molar-refractivity contribution < 1.29 is 14.3 Å². The van der Waals surface area contributed by atoms with Crippen molar-refractivity contribution in [2.75, 3.05) is 26.8 Å². The number of methoxy groups -OCH3 is 1. The van der Waals surface area contributed by atoms with Crippen molar-refractivity contribution in [3.05, 3.63) is 60.2 Å². The zero-order chi connectivity index (χ0) is 16.8. The Bertz CT molecular complexity index is 664. The molecule has 0 bridgehead atoms. The molecule has 1 amide bonds. The summed E-state index contributed by atoms with van der Waals surface area (Å²) in [5.41, 5.74) is 1.37. The van der Waals surface area contributed by atoms with Gasteiger partial charge in [0.2, 0.25) is 0 Å². The van der Waals surface area contributed by atoms with Crippen LogP contribution in [-0.2, 0) is 4.79 Å². The number of hydrogen-bond acceptors (Lipinski definition) is 3. The summed E-state index contributed by atoms with van der Waals surface area (Å²) in [4.78, 5) is 14.3. The van der Waals surface area contributed by atoms with Gasteiger partial charge in [-0.1, -0.05) is 42.5 Å². The van der Waals surface area contributed by atoms with Crippen LogP contribution < -0.4 is 9.47 Å². The normalized spacial score (nSPS) is 15.1. The maximum atomic E-state index is 12.4. The highest BCUT2D eigenvalue weighted by Crippen LogP contribution is 2.28. The zero-order valence-electron chi connectivity index (χ0n) is 14.0. The molecule has 0 aliphatic carbocycles. The molecule has 1 aliphatic heterocycles. The monoisotopic (exact) mass is 325 g/mol. The molecule has 4 nitrogen and oxygen atoms in total. The SMILES string of the molecule is COc1ccccc1OCC(=O)N1CCC(c2ccccc2)CC1.